The van der Waals surface area contributed by atoms with E-state index in [1.165, 1.54) is 32.1 Å². The largest absolute Gasteiger partial charge is 0.396 e. The van der Waals surface area contributed by atoms with Crippen molar-refractivity contribution in [1.29, 1.82) is 0 Å². The molecule has 3 nitrogen and oxygen atoms in total. The first-order chi connectivity index (χ1) is 13.2. The van der Waals surface area contributed by atoms with Gasteiger partial charge in [0.25, 0.3) is 0 Å². The second-order valence-electron chi connectivity index (χ2n) is 7.95. The van der Waals surface area contributed by atoms with Gasteiger partial charge in [0.2, 0.25) is 0 Å². The van der Waals surface area contributed by atoms with Crippen molar-refractivity contribution < 1.29 is 15.3 Å². The summed E-state index contributed by atoms with van der Waals surface area (Å²) in [7, 11) is 0. The van der Waals surface area contributed by atoms with Crippen molar-refractivity contribution in [2.45, 2.75) is 96.2 Å². The van der Waals surface area contributed by atoms with Crippen LogP contribution in [0.4, 0.5) is 0 Å². The summed E-state index contributed by atoms with van der Waals surface area (Å²) in [5, 5.41) is 29.4. The summed E-state index contributed by atoms with van der Waals surface area (Å²) in [6.07, 6.45) is 24.4. The van der Waals surface area contributed by atoms with Crippen LogP contribution in [0.3, 0.4) is 0 Å². The van der Waals surface area contributed by atoms with Gasteiger partial charge in [0.05, 0.1) is 12.2 Å². The topological polar surface area (TPSA) is 60.7 Å². The van der Waals surface area contributed by atoms with E-state index in [1.54, 1.807) is 0 Å². The van der Waals surface area contributed by atoms with Crippen molar-refractivity contribution in [2.24, 2.45) is 11.8 Å². The molecule has 0 radical (unpaired) electrons. The van der Waals surface area contributed by atoms with E-state index in [4.69, 9.17) is 5.11 Å². The molecule has 0 aromatic heterocycles. The molecule has 156 valence electrons. The molecule has 1 aliphatic carbocycles. The van der Waals surface area contributed by atoms with E-state index >= 15 is 0 Å². The van der Waals surface area contributed by atoms with Gasteiger partial charge in [-0.05, 0) is 50.4 Å². The summed E-state index contributed by atoms with van der Waals surface area (Å²) in [5.41, 5.74) is 0. The van der Waals surface area contributed by atoms with Crippen LogP contribution >= 0.6 is 0 Å². The van der Waals surface area contributed by atoms with Gasteiger partial charge in [-0.3, -0.25) is 0 Å². The van der Waals surface area contributed by atoms with E-state index < -0.39 is 0 Å². The molecule has 0 spiro atoms. The molecule has 0 saturated carbocycles. The summed E-state index contributed by atoms with van der Waals surface area (Å²) < 4.78 is 0. The Hall–Kier alpha value is -0.900. The first kappa shape index (κ1) is 24.1. The number of hydrogen-bond donors (Lipinski definition) is 3. The van der Waals surface area contributed by atoms with Crippen LogP contribution in [0.15, 0.2) is 36.5 Å². The third kappa shape index (κ3) is 11.5. The van der Waals surface area contributed by atoms with Gasteiger partial charge < -0.3 is 15.3 Å². The van der Waals surface area contributed by atoms with Crippen molar-refractivity contribution >= 4 is 0 Å². The SMILES string of the molecule is CCCCCCCCC(O)C=CC=C[C@H]1CC=CC[C@H]1C(O)CCCCO. The van der Waals surface area contributed by atoms with Gasteiger partial charge in [-0.25, -0.2) is 0 Å². The highest BCUT2D eigenvalue weighted by Crippen LogP contribution is 2.31. The van der Waals surface area contributed by atoms with Crippen LogP contribution in [0.1, 0.15) is 84.0 Å². The van der Waals surface area contributed by atoms with Crippen molar-refractivity contribution in [3.63, 3.8) is 0 Å². The molecular formula is C24H42O3. The Kier molecular flexibility index (Phi) is 14.4. The van der Waals surface area contributed by atoms with Crippen LogP contribution in [0.5, 0.6) is 0 Å². The molecule has 3 heteroatoms. The van der Waals surface area contributed by atoms with Gasteiger partial charge in [-0.1, -0.05) is 81.9 Å². The molecule has 1 rings (SSSR count). The summed E-state index contributed by atoms with van der Waals surface area (Å²) in [6, 6.07) is 0. The minimum atomic E-state index is -0.355. The summed E-state index contributed by atoms with van der Waals surface area (Å²) in [5.74, 6) is 0.603. The second-order valence-corrected chi connectivity index (χ2v) is 7.95. The zero-order valence-corrected chi connectivity index (χ0v) is 17.3. The third-order valence-corrected chi connectivity index (χ3v) is 5.59. The van der Waals surface area contributed by atoms with Gasteiger partial charge in [0, 0.05) is 6.61 Å². The maximum Gasteiger partial charge on any atom is 0.0723 e. The van der Waals surface area contributed by atoms with Crippen LogP contribution in [-0.2, 0) is 0 Å². The summed E-state index contributed by atoms with van der Waals surface area (Å²) in [6.45, 7) is 2.43. The Morgan fingerprint density at radius 1 is 0.889 bits per heavy atom. The molecule has 0 heterocycles. The molecule has 3 N–H and O–H groups in total. The van der Waals surface area contributed by atoms with Gasteiger partial charge in [0.1, 0.15) is 0 Å². The average molecular weight is 379 g/mol. The minimum Gasteiger partial charge on any atom is -0.396 e. The predicted octanol–water partition coefficient (Wildman–Crippen LogP) is 5.32. The molecule has 0 bridgehead atoms. The van der Waals surface area contributed by atoms with Gasteiger partial charge in [0.15, 0.2) is 0 Å². The smallest absolute Gasteiger partial charge is 0.0723 e. The van der Waals surface area contributed by atoms with Crippen LogP contribution in [0.25, 0.3) is 0 Å². The summed E-state index contributed by atoms with van der Waals surface area (Å²) in [4.78, 5) is 0. The molecule has 4 atom stereocenters. The molecule has 0 aliphatic heterocycles. The van der Waals surface area contributed by atoms with E-state index in [1.807, 2.05) is 18.2 Å². The second kappa shape index (κ2) is 16.1. The van der Waals surface area contributed by atoms with E-state index in [0.29, 0.717) is 5.92 Å². The number of rotatable bonds is 15. The van der Waals surface area contributed by atoms with Crippen LogP contribution < -0.4 is 0 Å². The van der Waals surface area contributed by atoms with Crippen molar-refractivity contribution in [3.8, 4) is 0 Å². The number of hydrogen-bond acceptors (Lipinski definition) is 3. The first-order valence-electron chi connectivity index (χ1n) is 11.2. The normalized spacial score (nSPS) is 22.7. The maximum atomic E-state index is 10.5. The lowest BCUT2D eigenvalue weighted by Crippen LogP contribution is -2.28. The highest BCUT2D eigenvalue weighted by molar-refractivity contribution is 5.10. The zero-order valence-electron chi connectivity index (χ0n) is 17.3. The van der Waals surface area contributed by atoms with E-state index in [9.17, 15) is 10.2 Å². The quantitative estimate of drug-likeness (QED) is 0.205. The Bertz CT molecular complexity index is 427. The van der Waals surface area contributed by atoms with Crippen molar-refractivity contribution in [1.82, 2.24) is 0 Å². The molecule has 0 aromatic carbocycles. The standard InChI is InChI=1S/C24H42O3/c1-2-3-4-5-6-7-16-22(26)17-10-8-14-21-15-9-11-18-23(21)24(27)19-12-13-20-25/h8-11,14,17,21-27H,2-7,12-13,15-16,18-20H2,1H3/t21-,22?,23+,24?/m0/s1. The Morgan fingerprint density at radius 2 is 1.59 bits per heavy atom. The maximum absolute atomic E-state index is 10.5. The highest BCUT2D eigenvalue weighted by Gasteiger charge is 2.26. The van der Waals surface area contributed by atoms with Crippen LogP contribution in [-0.4, -0.2) is 34.1 Å². The Morgan fingerprint density at radius 3 is 2.37 bits per heavy atom. The molecule has 0 saturated heterocycles. The molecule has 0 aromatic rings. The fourth-order valence-electron chi connectivity index (χ4n) is 3.83. The predicted molar refractivity (Wildman–Crippen MR) is 115 cm³/mol. The number of unbranched alkanes of at least 4 members (excludes halogenated alkanes) is 6. The Balaban J connectivity index is 2.31. The van der Waals surface area contributed by atoms with E-state index in [2.05, 4.69) is 25.2 Å². The van der Waals surface area contributed by atoms with Gasteiger partial charge in [-0.2, -0.15) is 0 Å². The fraction of sp³-hybridized carbons (Fsp3) is 0.750. The lowest BCUT2D eigenvalue weighted by Gasteiger charge is -2.30. The molecule has 0 fully saturated rings. The third-order valence-electron chi connectivity index (χ3n) is 5.59. The lowest BCUT2D eigenvalue weighted by atomic mass is 9.78. The van der Waals surface area contributed by atoms with Crippen molar-refractivity contribution in [2.75, 3.05) is 6.61 Å². The van der Waals surface area contributed by atoms with E-state index in [0.717, 1.165) is 44.9 Å². The highest BCUT2D eigenvalue weighted by atomic mass is 16.3. The molecule has 1 aliphatic rings. The number of aliphatic hydroxyl groups excluding tert-OH is 3. The molecule has 2 unspecified atom stereocenters. The van der Waals surface area contributed by atoms with Gasteiger partial charge >= 0.3 is 0 Å². The molecule has 0 amide bonds. The Labute approximate surface area is 166 Å². The minimum absolute atomic E-state index is 0.201. The number of aliphatic hydroxyl groups is 3. The van der Waals surface area contributed by atoms with Crippen LogP contribution in [0.2, 0.25) is 0 Å². The van der Waals surface area contributed by atoms with Gasteiger partial charge in [-0.15, -0.1) is 0 Å². The fourth-order valence-corrected chi connectivity index (χ4v) is 3.83. The lowest BCUT2D eigenvalue weighted by molar-refractivity contribution is 0.0717. The molecular weight excluding hydrogens is 336 g/mol. The van der Waals surface area contributed by atoms with Crippen molar-refractivity contribution in [3.05, 3.63) is 36.5 Å². The summed E-state index contributed by atoms with van der Waals surface area (Å²) >= 11 is 0. The molecule has 27 heavy (non-hydrogen) atoms. The monoisotopic (exact) mass is 378 g/mol. The zero-order chi connectivity index (χ0) is 19.7. The number of allylic oxidation sites excluding steroid dienone is 5. The average Bonchev–Trinajstić information content (AvgIpc) is 2.68. The van der Waals surface area contributed by atoms with Crippen LogP contribution in [0, 0.1) is 11.8 Å². The van der Waals surface area contributed by atoms with E-state index in [-0.39, 0.29) is 24.7 Å². The first-order valence-corrected chi connectivity index (χ1v) is 11.2.